The zero-order chi connectivity index (χ0) is 18.8. The van der Waals surface area contributed by atoms with Crippen LogP contribution >= 0.6 is 0 Å². The third kappa shape index (κ3) is 3.47. The molecule has 3 rings (SSSR count). The Kier molecular flexibility index (Phi) is 4.81. The lowest BCUT2D eigenvalue weighted by atomic mass is 9.95. The standard InChI is InChI=1S/C23H21NO2/c1-14-5-9-18(10-6-14)22(25)20-13-21(17(4)24-16(20)3)23(26)19-11-7-15(2)8-12-19/h5-13H,1-4H3. The summed E-state index contributed by atoms with van der Waals surface area (Å²) >= 11 is 0. The first-order chi connectivity index (χ1) is 12.4. The summed E-state index contributed by atoms with van der Waals surface area (Å²) in [5.74, 6) is -0.235. The van der Waals surface area contributed by atoms with Crippen molar-refractivity contribution in [2.75, 3.05) is 0 Å². The summed E-state index contributed by atoms with van der Waals surface area (Å²) in [5, 5.41) is 0. The zero-order valence-electron chi connectivity index (χ0n) is 15.5. The summed E-state index contributed by atoms with van der Waals surface area (Å²) in [6.07, 6.45) is 0. The van der Waals surface area contributed by atoms with Crippen molar-refractivity contribution in [3.8, 4) is 0 Å². The molecule has 130 valence electrons. The number of nitrogens with zero attached hydrogens (tertiary/aromatic N) is 1. The Morgan fingerprint density at radius 1 is 0.615 bits per heavy atom. The zero-order valence-corrected chi connectivity index (χ0v) is 15.5. The molecule has 0 aliphatic heterocycles. The molecule has 0 saturated carbocycles. The van der Waals surface area contributed by atoms with Gasteiger partial charge in [-0.05, 0) is 33.8 Å². The third-order valence-corrected chi connectivity index (χ3v) is 4.52. The first-order valence-corrected chi connectivity index (χ1v) is 8.58. The highest BCUT2D eigenvalue weighted by Crippen LogP contribution is 2.20. The highest BCUT2D eigenvalue weighted by atomic mass is 16.1. The van der Waals surface area contributed by atoms with Gasteiger partial charge in [-0.3, -0.25) is 14.6 Å². The molecule has 0 aliphatic carbocycles. The van der Waals surface area contributed by atoms with Crippen LogP contribution in [0.3, 0.4) is 0 Å². The van der Waals surface area contributed by atoms with Gasteiger partial charge in [0.05, 0.1) is 0 Å². The Morgan fingerprint density at radius 3 is 1.31 bits per heavy atom. The van der Waals surface area contributed by atoms with E-state index in [9.17, 15) is 9.59 Å². The Balaban J connectivity index is 2.04. The molecule has 1 heterocycles. The number of aromatic nitrogens is 1. The molecule has 1 aromatic heterocycles. The summed E-state index contributed by atoms with van der Waals surface area (Å²) in [4.78, 5) is 30.2. The number of carbonyl (C=O) groups is 2. The Morgan fingerprint density at radius 2 is 0.962 bits per heavy atom. The van der Waals surface area contributed by atoms with Crippen LogP contribution in [-0.4, -0.2) is 16.6 Å². The van der Waals surface area contributed by atoms with Crippen LogP contribution in [0.4, 0.5) is 0 Å². The van der Waals surface area contributed by atoms with Crippen molar-refractivity contribution in [2.45, 2.75) is 27.7 Å². The average Bonchev–Trinajstić information content (AvgIpc) is 2.62. The minimum Gasteiger partial charge on any atom is -0.289 e. The van der Waals surface area contributed by atoms with E-state index in [1.165, 1.54) is 0 Å². The largest absolute Gasteiger partial charge is 0.289 e. The molecule has 0 bridgehead atoms. The summed E-state index contributed by atoms with van der Waals surface area (Å²) in [5.41, 5.74) is 5.58. The number of ketones is 2. The lowest BCUT2D eigenvalue weighted by Crippen LogP contribution is -2.12. The van der Waals surface area contributed by atoms with Crippen LogP contribution in [0.25, 0.3) is 0 Å². The van der Waals surface area contributed by atoms with E-state index in [1.807, 2.05) is 38.1 Å². The lowest BCUT2D eigenvalue weighted by Gasteiger charge is -2.11. The minimum absolute atomic E-state index is 0.118. The van der Waals surface area contributed by atoms with Gasteiger partial charge < -0.3 is 0 Å². The van der Waals surface area contributed by atoms with E-state index in [2.05, 4.69) is 4.98 Å². The predicted molar refractivity (Wildman–Crippen MR) is 103 cm³/mol. The molecule has 0 N–H and O–H groups in total. The number of hydrogen-bond donors (Lipinski definition) is 0. The molecule has 0 saturated heterocycles. The van der Waals surface area contributed by atoms with Crippen LogP contribution in [0.1, 0.15) is 54.4 Å². The van der Waals surface area contributed by atoms with Gasteiger partial charge in [-0.2, -0.15) is 0 Å². The van der Waals surface area contributed by atoms with E-state index in [0.29, 0.717) is 33.6 Å². The number of pyridine rings is 1. The number of rotatable bonds is 4. The number of carbonyl (C=O) groups excluding carboxylic acids is 2. The average molecular weight is 343 g/mol. The second-order valence-electron chi connectivity index (χ2n) is 6.64. The van der Waals surface area contributed by atoms with E-state index in [1.54, 1.807) is 44.2 Å². The molecular weight excluding hydrogens is 322 g/mol. The fourth-order valence-corrected chi connectivity index (χ4v) is 2.91. The van der Waals surface area contributed by atoms with Crippen molar-refractivity contribution in [3.05, 3.63) is 99.4 Å². The Bertz CT molecular complexity index is 905. The smallest absolute Gasteiger partial charge is 0.194 e. The number of hydrogen-bond acceptors (Lipinski definition) is 3. The molecule has 0 atom stereocenters. The summed E-state index contributed by atoms with van der Waals surface area (Å²) < 4.78 is 0. The maximum Gasteiger partial charge on any atom is 0.194 e. The summed E-state index contributed by atoms with van der Waals surface area (Å²) in [6.45, 7) is 7.56. The van der Waals surface area contributed by atoms with Gasteiger partial charge in [-0.25, -0.2) is 0 Å². The topological polar surface area (TPSA) is 47.0 Å². The van der Waals surface area contributed by atoms with Crippen LogP contribution in [-0.2, 0) is 0 Å². The SMILES string of the molecule is Cc1ccc(C(=O)c2cc(C(=O)c3ccc(C)cc3)c(C)nc2C)cc1. The quantitative estimate of drug-likeness (QED) is 0.641. The molecule has 0 radical (unpaired) electrons. The summed E-state index contributed by atoms with van der Waals surface area (Å²) in [6, 6.07) is 16.5. The fourth-order valence-electron chi connectivity index (χ4n) is 2.91. The first-order valence-electron chi connectivity index (χ1n) is 8.58. The molecule has 0 spiro atoms. The van der Waals surface area contributed by atoms with Crippen molar-refractivity contribution in [1.29, 1.82) is 0 Å². The highest BCUT2D eigenvalue weighted by Gasteiger charge is 2.19. The molecule has 26 heavy (non-hydrogen) atoms. The number of benzene rings is 2. The van der Waals surface area contributed by atoms with E-state index in [-0.39, 0.29) is 11.6 Å². The van der Waals surface area contributed by atoms with Gasteiger partial charge in [-0.1, -0.05) is 59.7 Å². The van der Waals surface area contributed by atoms with E-state index >= 15 is 0 Å². The number of aryl methyl sites for hydroxylation is 4. The van der Waals surface area contributed by atoms with Gasteiger partial charge >= 0.3 is 0 Å². The second kappa shape index (κ2) is 7.04. The van der Waals surface area contributed by atoms with Gasteiger partial charge in [-0.15, -0.1) is 0 Å². The van der Waals surface area contributed by atoms with Crippen LogP contribution in [0, 0.1) is 27.7 Å². The molecule has 3 aromatic rings. The highest BCUT2D eigenvalue weighted by molar-refractivity contribution is 6.14. The maximum absolute atomic E-state index is 12.9. The van der Waals surface area contributed by atoms with Crippen LogP contribution in [0.2, 0.25) is 0 Å². The molecular formula is C23H21NO2. The van der Waals surface area contributed by atoms with Crippen LogP contribution < -0.4 is 0 Å². The van der Waals surface area contributed by atoms with Crippen molar-refractivity contribution in [1.82, 2.24) is 4.98 Å². The van der Waals surface area contributed by atoms with E-state index in [0.717, 1.165) is 11.1 Å². The Labute approximate surface area is 153 Å². The van der Waals surface area contributed by atoms with Crippen LogP contribution in [0.5, 0.6) is 0 Å². The van der Waals surface area contributed by atoms with Gasteiger partial charge in [0, 0.05) is 33.6 Å². The second-order valence-corrected chi connectivity index (χ2v) is 6.64. The molecule has 0 amide bonds. The normalized spacial score (nSPS) is 10.6. The Hall–Kier alpha value is -3.07. The summed E-state index contributed by atoms with van der Waals surface area (Å²) in [7, 11) is 0. The predicted octanol–water partition coefficient (Wildman–Crippen LogP) is 4.78. The van der Waals surface area contributed by atoms with Gasteiger partial charge in [0.25, 0.3) is 0 Å². The fraction of sp³-hybridized carbons (Fsp3) is 0.174. The molecule has 0 unspecified atom stereocenters. The van der Waals surface area contributed by atoms with Crippen LogP contribution in [0.15, 0.2) is 54.6 Å². The molecule has 0 aliphatic rings. The van der Waals surface area contributed by atoms with Crippen molar-refractivity contribution >= 4 is 11.6 Å². The van der Waals surface area contributed by atoms with Gasteiger partial charge in [0.15, 0.2) is 11.6 Å². The molecule has 2 aromatic carbocycles. The van der Waals surface area contributed by atoms with Crippen molar-refractivity contribution < 1.29 is 9.59 Å². The first kappa shape index (κ1) is 17.7. The van der Waals surface area contributed by atoms with Gasteiger partial charge in [0.1, 0.15) is 0 Å². The van der Waals surface area contributed by atoms with E-state index in [4.69, 9.17) is 0 Å². The molecule has 0 fully saturated rings. The monoisotopic (exact) mass is 343 g/mol. The van der Waals surface area contributed by atoms with Crippen molar-refractivity contribution in [2.24, 2.45) is 0 Å². The van der Waals surface area contributed by atoms with E-state index < -0.39 is 0 Å². The van der Waals surface area contributed by atoms with Gasteiger partial charge in [0.2, 0.25) is 0 Å². The maximum atomic E-state index is 12.9. The molecule has 3 heteroatoms. The third-order valence-electron chi connectivity index (χ3n) is 4.52. The minimum atomic E-state index is -0.118. The molecule has 3 nitrogen and oxygen atoms in total. The van der Waals surface area contributed by atoms with Crippen molar-refractivity contribution in [3.63, 3.8) is 0 Å². The lowest BCUT2D eigenvalue weighted by molar-refractivity contribution is 0.103.